The Hall–Kier alpha value is 0.0169. The average Bonchev–Trinajstić information content (AvgIpc) is 2.67. The molecule has 1 fully saturated rings. The van der Waals surface area contributed by atoms with Gasteiger partial charge in [-0.05, 0) is 44.4 Å². The SMILES string of the molecule is CCCCCOC1CC(CC[Si](OC)(OC)OCCCCC)CCC1O. The number of rotatable bonds is 15. The first-order valence-corrected chi connectivity index (χ1v) is 12.6. The second kappa shape index (κ2) is 14.1. The van der Waals surface area contributed by atoms with Gasteiger partial charge in [-0.3, -0.25) is 0 Å². The first-order chi connectivity index (χ1) is 12.6. The molecule has 0 bridgehead atoms. The second-order valence-corrected chi connectivity index (χ2v) is 10.5. The maximum atomic E-state index is 10.2. The summed E-state index contributed by atoms with van der Waals surface area (Å²) in [5.74, 6) is 0.547. The van der Waals surface area contributed by atoms with Gasteiger partial charge in [0.15, 0.2) is 0 Å². The third-order valence-corrected chi connectivity index (χ3v) is 8.28. The van der Waals surface area contributed by atoms with Crippen molar-refractivity contribution in [3.63, 3.8) is 0 Å². The van der Waals surface area contributed by atoms with Gasteiger partial charge in [0, 0.05) is 33.5 Å². The molecule has 1 saturated carbocycles. The Morgan fingerprint density at radius 2 is 1.58 bits per heavy atom. The zero-order valence-electron chi connectivity index (χ0n) is 17.5. The smallest absolute Gasteiger partial charge is 0.390 e. The summed E-state index contributed by atoms with van der Waals surface area (Å²) in [6.45, 7) is 5.86. The minimum Gasteiger partial charge on any atom is -0.390 e. The van der Waals surface area contributed by atoms with Gasteiger partial charge in [0.2, 0.25) is 0 Å². The van der Waals surface area contributed by atoms with E-state index in [0.717, 1.165) is 51.2 Å². The summed E-state index contributed by atoms with van der Waals surface area (Å²) in [4.78, 5) is 0. The Morgan fingerprint density at radius 1 is 0.923 bits per heavy atom. The Bertz CT molecular complexity index is 338. The zero-order valence-corrected chi connectivity index (χ0v) is 18.5. The highest BCUT2D eigenvalue weighted by atomic mass is 28.4. The molecule has 5 nitrogen and oxygen atoms in total. The van der Waals surface area contributed by atoms with E-state index >= 15 is 0 Å². The lowest BCUT2D eigenvalue weighted by molar-refractivity contribution is -0.0727. The Kier molecular flexibility index (Phi) is 13.0. The van der Waals surface area contributed by atoms with Gasteiger partial charge >= 0.3 is 8.80 Å². The van der Waals surface area contributed by atoms with Crippen molar-refractivity contribution in [1.29, 1.82) is 0 Å². The van der Waals surface area contributed by atoms with Gasteiger partial charge in [0.1, 0.15) is 0 Å². The fourth-order valence-electron chi connectivity index (χ4n) is 3.66. The topological polar surface area (TPSA) is 57.2 Å². The van der Waals surface area contributed by atoms with E-state index in [2.05, 4.69) is 13.8 Å². The predicted octanol–water partition coefficient (Wildman–Crippen LogP) is 4.55. The van der Waals surface area contributed by atoms with E-state index < -0.39 is 8.80 Å². The molecule has 0 saturated heterocycles. The predicted molar refractivity (Wildman–Crippen MR) is 107 cm³/mol. The number of unbranched alkanes of at least 4 members (excludes halogenated alkanes) is 4. The molecule has 1 N–H and O–H groups in total. The fourth-order valence-corrected chi connectivity index (χ4v) is 5.83. The third kappa shape index (κ3) is 8.80. The van der Waals surface area contributed by atoms with Crippen LogP contribution >= 0.6 is 0 Å². The van der Waals surface area contributed by atoms with Crippen LogP contribution in [-0.4, -0.2) is 53.6 Å². The molecule has 1 aliphatic rings. The van der Waals surface area contributed by atoms with Crippen LogP contribution in [0.2, 0.25) is 6.04 Å². The molecule has 0 aromatic rings. The molecule has 3 atom stereocenters. The van der Waals surface area contributed by atoms with Crippen molar-refractivity contribution in [1.82, 2.24) is 0 Å². The minimum atomic E-state index is -2.56. The van der Waals surface area contributed by atoms with Gasteiger partial charge in [0.25, 0.3) is 0 Å². The largest absolute Gasteiger partial charge is 0.500 e. The van der Waals surface area contributed by atoms with Crippen LogP contribution in [0.25, 0.3) is 0 Å². The first kappa shape index (κ1) is 24.1. The molecule has 0 spiro atoms. The molecule has 26 heavy (non-hydrogen) atoms. The van der Waals surface area contributed by atoms with Crippen molar-refractivity contribution in [2.75, 3.05) is 27.4 Å². The second-order valence-electron chi connectivity index (χ2n) is 7.55. The Balaban J connectivity index is 2.41. The Labute approximate surface area is 162 Å². The highest BCUT2D eigenvalue weighted by molar-refractivity contribution is 6.60. The van der Waals surface area contributed by atoms with Gasteiger partial charge in [0.05, 0.1) is 12.2 Å². The summed E-state index contributed by atoms with van der Waals surface area (Å²) in [6.07, 6.45) is 10.4. The van der Waals surface area contributed by atoms with E-state index in [1.807, 2.05) is 0 Å². The van der Waals surface area contributed by atoms with Crippen LogP contribution in [0.1, 0.15) is 78.1 Å². The summed E-state index contributed by atoms with van der Waals surface area (Å²) in [7, 11) is 0.860. The zero-order chi connectivity index (χ0) is 19.3. The monoisotopic (exact) mass is 390 g/mol. The molecule has 6 heteroatoms. The van der Waals surface area contributed by atoms with Crippen molar-refractivity contribution < 1.29 is 23.1 Å². The maximum Gasteiger partial charge on any atom is 0.500 e. The molecule has 0 aliphatic heterocycles. The summed E-state index contributed by atoms with van der Waals surface area (Å²) in [5.41, 5.74) is 0. The lowest BCUT2D eigenvalue weighted by atomic mass is 9.84. The molecule has 1 rings (SSSR count). The highest BCUT2D eigenvalue weighted by Gasteiger charge is 2.40. The van der Waals surface area contributed by atoms with Crippen LogP contribution in [-0.2, 0) is 18.0 Å². The van der Waals surface area contributed by atoms with Crippen molar-refractivity contribution in [3.05, 3.63) is 0 Å². The van der Waals surface area contributed by atoms with Gasteiger partial charge in [-0.15, -0.1) is 0 Å². The first-order valence-electron chi connectivity index (χ1n) is 10.6. The van der Waals surface area contributed by atoms with Crippen LogP contribution in [0, 0.1) is 5.92 Å². The number of ether oxygens (including phenoxy) is 1. The van der Waals surface area contributed by atoms with Crippen LogP contribution in [0.15, 0.2) is 0 Å². The molecule has 156 valence electrons. The molecule has 3 unspecified atom stereocenters. The van der Waals surface area contributed by atoms with Crippen LogP contribution in [0.4, 0.5) is 0 Å². The van der Waals surface area contributed by atoms with Crippen LogP contribution in [0.3, 0.4) is 0 Å². The van der Waals surface area contributed by atoms with Gasteiger partial charge < -0.3 is 23.1 Å². The van der Waals surface area contributed by atoms with Crippen molar-refractivity contribution in [2.45, 2.75) is 96.3 Å². The van der Waals surface area contributed by atoms with E-state index in [-0.39, 0.29) is 12.2 Å². The molecule has 0 amide bonds. The number of hydrogen-bond donors (Lipinski definition) is 1. The van der Waals surface area contributed by atoms with E-state index in [1.165, 1.54) is 25.7 Å². The number of aliphatic hydroxyl groups excluding tert-OH is 1. The molecule has 1 aliphatic carbocycles. The van der Waals surface area contributed by atoms with Gasteiger partial charge in [-0.1, -0.05) is 39.5 Å². The molecule has 0 aromatic heterocycles. The molecular weight excluding hydrogens is 348 g/mol. The summed E-state index contributed by atoms with van der Waals surface area (Å²) >= 11 is 0. The summed E-state index contributed by atoms with van der Waals surface area (Å²) < 4.78 is 23.5. The van der Waals surface area contributed by atoms with Gasteiger partial charge in [-0.2, -0.15) is 0 Å². The Morgan fingerprint density at radius 3 is 2.19 bits per heavy atom. The molecule has 0 heterocycles. The third-order valence-electron chi connectivity index (χ3n) is 5.50. The van der Waals surface area contributed by atoms with Crippen molar-refractivity contribution in [3.8, 4) is 0 Å². The van der Waals surface area contributed by atoms with Crippen LogP contribution in [0.5, 0.6) is 0 Å². The fraction of sp³-hybridized carbons (Fsp3) is 1.00. The standard InChI is InChI=1S/C20H42O5Si/c1-5-7-9-14-24-20-17-18(11-12-19(20)21)13-16-26(22-3,23-4)25-15-10-8-6-2/h18-21H,5-17H2,1-4H3. The van der Waals surface area contributed by atoms with Gasteiger partial charge in [-0.25, -0.2) is 0 Å². The average molecular weight is 391 g/mol. The highest BCUT2D eigenvalue weighted by Crippen LogP contribution is 2.32. The quantitative estimate of drug-likeness (QED) is 0.328. The lowest BCUT2D eigenvalue weighted by Crippen LogP contribution is -2.45. The number of hydrogen-bond acceptors (Lipinski definition) is 5. The molecule has 0 radical (unpaired) electrons. The maximum absolute atomic E-state index is 10.2. The van der Waals surface area contributed by atoms with E-state index in [0.29, 0.717) is 12.5 Å². The summed E-state index contributed by atoms with van der Waals surface area (Å²) in [5, 5.41) is 10.2. The van der Waals surface area contributed by atoms with E-state index in [9.17, 15) is 5.11 Å². The number of aliphatic hydroxyl groups is 1. The molecular formula is C20H42O5Si. The van der Waals surface area contributed by atoms with E-state index in [4.69, 9.17) is 18.0 Å². The molecule has 0 aromatic carbocycles. The summed E-state index contributed by atoms with van der Waals surface area (Å²) in [6, 6.07) is 0.843. The van der Waals surface area contributed by atoms with Crippen LogP contribution < -0.4 is 0 Å². The van der Waals surface area contributed by atoms with Crippen molar-refractivity contribution in [2.24, 2.45) is 5.92 Å². The minimum absolute atomic E-state index is 0.0164. The normalized spacial score (nSPS) is 24.1. The van der Waals surface area contributed by atoms with Crippen molar-refractivity contribution >= 4 is 8.80 Å². The lowest BCUT2D eigenvalue weighted by Gasteiger charge is -2.35. The van der Waals surface area contributed by atoms with E-state index in [1.54, 1.807) is 14.2 Å².